The highest BCUT2D eigenvalue weighted by Gasteiger charge is 2.47. The number of hydrogen-bond acceptors (Lipinski definition) is 3. The van der Waals surface area contributed by atoms with Crippen LogP contribution in [0.5, 0.6) is 0 Å². The molecule has 2 atom stereocenters. The van der Waals surface area contributed by atoms with Gasteiger partial charge in [0.1, 0.15) is 5.60 Å². The van der Waals surface area contributed by atoms with Crippen molar-refractivity contribution in [1.29, 1.82) is 0 Å². The molecule has 0 saturated carbocycles. The molecule has 0 radical (unpaired) electrons. The third-order valence-electron chi connectivity index (χ3n) is 6.99. The van der Waals surface area contributed by atoms with Crippen LogP contribution < -0.4 is 0 Å². The van der Waals surface area contributed by atoms with Crippen molar-refractivity contribution in [2.75, 3.05) is 0 Å². The SMILES string of the molecule is CCC(CC)C(CC)(CC)C(C)C(=O)OC(CC)(CC)C(C)C(=O)O. The van der Waals surface area contributed by atoms with Crippen LogP contribution in [0.3, 0.4) is 0 Å². The van der Waals surface area contributed by atoms with E-state index in [2.05, 4.69) is 27.7 Å². The average Bonchev–Trinajstić information content (AvgIpc) is 2.62. The van der Waals surface area contributed by atoms with Gasteiger partial charge in [-0.2, -0.15) is 0 Å². The predicted molar refractivity (Wildman–Crippen MR) is 102 cm³/mol. The van der Waals surface area contributed by atoms with E-state index in [1.165, 1.54) is 0 Å². The van der Waals surface area contributed by atoms with Gasteiger partial charge in [0, 0.05) is 0 Å². The fourth-order valence-corrected chi connectivity index (χ4v) is 4.74. The number of hydrogen-bond donors (Lipinski definition) is 1. The highest BCUT2D eigenvalue weighted by Crippen LogP contribution is 2.47. The number of carbonyl (C=O) groups excluding carboxylic acids is 1. The topological polar surface area (TPSA) is 63.6 Å². The summed E-state index contributed by atoms with van der Waals surface area (Å²) in [5.74, 6) is -1.66. The van der Waals surface area contributed by atoms with Crippen molar-refractivity contribution in [3.63, 3.8) is 0 Å². The van der Waals surface area contributed by atoms with E-state index in [9.17, 15) is 14.7 Å². The Balaban J connectivity index is 5.71. The molecule has 4 heteroatoms. The molecule has 0 amide bonds. The molecule has 0 rings (SSSR count). The molecule has 2 unspecified atom stereocenters. The Morgan fingerprint density at radius 1 is 0.840 bits per heavy atom. The summed E-state index contributed by atoms with van der Waals surface area (Å²) < 4.78 is 5.95. The number of carbonyl (C=O) groups is 2. The second-order valence-corrected chi connectivity index (χ2v) is 7.43. The summed E-state index contributed by atoms with van der Waals surface area (Å²) in [5, 5.41) is 9.46. The van der Waals surface area contributed by atoms with Gasteiger partial charge in [-0.3, -0.25) is 9.59 Å². The van der Waals surface area contributed by atoms with Crippen molar-refractivity contribution in [1.82, 2.24) is 0 Å². The minimum absolute atomic E-state index is 0.0970. The molecule has 0 aliphatic carbocycles. The largest absolute Gasteiger partial charge is 0.481 e. The predicted octanol–water partition coefficient (Wildman–Crippen LogP) is 5.69. The summed E-state index contributed by atoms with van der Waals surface area (Å²) in [6.07, 6.45) is 4.93. The van der Waals surface area contributed by atoms with Crippen LogP contribution in [0.15, 0.2) is 0 Å². The quantitative estimate of drug-likeness (QED) is 0.456. The molecule has 0 aliphatic heterocycles. The highest BCUT2D eigenvalue weighted by atomic mass is 16.6. The first-order chi connectivity index (χ1) is 11.7. The zero-order chi connectivity index (χ0) is 19.8. The van der Waals surface area contributed by atoms with E-state index in [0.29, 0.717) is 18.8 Å². The first kappa shape index (κ1) is 23.9. The number of esters is 1. The first-order valence-corrected chi connectivity index (χ1v) is 10.1. The van der Waals surface area contributed by atoms with Crippen molar-refractivity contribution in [2.24, 2.45) is 23.2 Å². The molecule has 0 heterocycles. The van der Waals surface area contributed by atoms with Crippen molar-refractivity contribution >= 4 is 11.9 Å². The number of rotatable bonds is 12. The van der Waals surface area contributed by atoms with Crippen LogP contribution >= 0.6 is 0 Å². The highest BCUT2D eigenvalue weighted by molar-refractivity contribution is 5.76. The number of carboxylic acids is 1. The molecule has 148 valence electrons. The lowest BCUT2D eigenvalue weighted by atomic mass is 9.62. The molecule has 0 aliphatic rings. The van der Waals surface area contributed by atoms with E-state index in [-0.39, 0.29) is 17.3 Å². The van der Waals surface area contributed by atoms with E-state index in [0.717, 1.165) is 25.7 Å². The number of aliphatic carboxylic acids is 1. The van der Waals surface area contributed by atoms with Gasteiger partial charge < -0.3 is 9.84 Å². The molecule has 0 saturated heterocycles. The van der Waals surface area contributed by atoms with Crippen LogP contribution in [0.1, 0.15) is 93.9 Å². The van der Waals surface area contributed by atoms with E-state index in [1.54, 1.807) is 6.92 Å². The lowest BCUT2D eigenvalue weighted by Crippen LogP contribution is -2.48. The molecule has 1 N–H and O–H groups in total. The Bertz CT molecular complexity index is 418. The maximum Gasteiger partial charge on any atom is 0.310 e. The smallest absolute Gasteiger partial charge is 0.310 e. The Morgan fingerprint density at radius 2 is 1.28 bits per heavy atom. The normalized spacial score (nSPS) is 15.1. The van der Waals surface area contributed by atoms with Gasteiger partial charge in [0.25, 0.3) is 0 Å². The van der Waals surface area contributed by atoms with Crippen molar-refractivity contribution in [3.05, 3.63) is 0 Å². The maximum absolute atomic E-state index is 13.1. The van der Waals surface area contributed by atoms with Crippen LogP contribution in [0.25, 0.3) is 0 Å². The molecule has 0 aromatic rings. The third-order valence-corrected chi connectivity index (χ3v) is 6.99. The third kappa shape index (κ3) is 4.77. The van der Waals surface area contributed by atoms with Crippen LogP contribution in [-0.2, 0) is 14.3 Å². The monoisotopic (exact) mass is 356 g/mol. The molecule has 25 heavy (non-hydrogen) atoms. The van der Waals surface area contributed by atoms with Gasteiger partial charge in [0.15, 0.2) is 0 Å². The summed E-state index contributed by atoms with van der Waals surface area (Å²) in [7, 11) is 0. The zero-order valence-electron chi connectivity index (χ0n) is 17.6. The average molecular weight is 357 g/mol. The molecular weight excluding hydrogens is 316 g/mol. The van der Waals surface area contributed by atoms with E-state index in [4.69, 9.17) is 4.74 Å². The van der Waals surface area contributed by atoms with Gasteiger partial charge in [-0.15, -0.1) is 0 Å². The van der Waals surface area contributed by atoms with Crippen molar-refractivity contribution < 1.29 is 19.4 Å². The van der Waals surface area contributed by atoms with Crippen LogP contribution in [0.4, 0.5) is 0 Å². The molecule has 0 spiro atoms. The van der Waals surface area contributed by atoms with Gasteiger partial charge in [-0.25, -0.2) is 0 Å². The van der Waals surface area contributed by atoms with E-state index < -0.39 is 17.5 Å². The second-order valence-electron chi connectivity index (χ2n) is 7.43. The second kappa shape index (κ2) is 10.2. The van der Waals surface area contributed by atoms with Gasteiger partial charge in [-0.05, 0) is 43.9 Å². The Kier molecular flexibility index (Phi) is 9.75. The van der Waals surface area contributed by atoms with Crippen LogP contribution in [-0.4, -0.2) is 22.6 Å². The van der Waals surface area contributed by atoms with Crippen molar-refractivity contribution in [2.45, 2.75) is 99.5 Å². The molecule has 0 aromatic carbocycles. The first-order valence-electron chi connectivity index (χ1n) is 10.1. The van der Waals surface area contributed by atoms with Gasteiger partial charge in [0.2, 0.25) is 0 Å². The van der Waals surface area contributed by atoms with E-state index in [1.807, 2.05) is 20.8 Å². The summed E-state index contributed by atoms with van der Waals surface area (Å²) >= 11 is 0. The standard InChI is InChI=1S/C21H40O4/c1-9-17(10-2)20(11-3,12-4)16(8)19(24)25-21(13-5,14-6)15(7)18(22)23/h15-17H,9-14H2,1-8H3,(H,22,23). The van der Waals surface area contributed by atoms with Crippen molar-refractivity contribution in [3.8, 4) is 0 Å². The van der Waals surface area contributed by atoms with E-state index >= 15 is 0 Å². The lowest BCUT2D eigenvalue weighted by Gasteiger charge is -2.45. The van der Waals surface area contributed by atoms with Gasteiger partial charge in [-0.1, -0.05) is 61.3 Å². The Labute approximate surface area is 154 Å². The van der Waals surface area contributed by atoms with Crippen LogP contribution in [0.2, 0.25) is 0 Å². The summed E-state index contributed by atoms with van der Waals surface area (Å²) in [5.41, 5.74) is -1.03. The molecule has 0 bridgehead atoms. The Morgan fingerprint density at radius 3 is 1.56 bits per heavy atom. The number of carboxylic acid groups (broad SMARTS) is 1. The zero-order valence-corrected chi connectivity index (χ0v) is 17.6. The van der Waals surface area contributed by atoms with Gasteiger partial charge in [0.05, 0.1) is 11.8 Å². The minimum Gasteiger partial charge on any atom is -0.481 e. The molecule has 0 aromatic heterocycles. The summed E-state index contributed by atoms with van der Waals surface area (Å²) in [4.78, 5) is 24.6. The fourth-order valence-electron chi connectivity index (χ4n) is 4.74. The van der Waals surface area contributed by atoms with Crippen LogP contribution in [0, 0.1) is 23.2 Å². The molecule has 4 nitrogen and oxygen atoms in total. The summed E-state index contributed by atoms with van der Waals surface area (Å²) in [6.45, 7) is 16.1. The maximum atomic E-state index is 13.1. The fraction of sp³-hybridized carbons (Fsp3) is 0.905. The Hall–Kier alpha value is -1.06. The molecule has 0 fully saturated rings. The molecular formula is C21H40O4. The minimum atomic E-state index is -0.932. The lowest BCUT2D eigenvalue weighted by molar-refractivity contribution is -0.183. The summed E-state index contributed by atoms with van der Waals surface area (Å²) in [6, 6.07) is 0. The van der Waals surface area contributed by atoms with Gasteiger partial charge >= 0.3 is 11.9 Å². The number of ether oxygens (including phenoxy) is 1.